The molecule has 68 heavy (non-hydrogen) atoms. The van der Waals surface area contributed by atoms with Crippen LogP contribution in [0.4, 0.5) is 0 Å². The van der Waals surface area contributed by atoms with Crippen LogP contribution in [-0.4, -0.2) is 36.4 Å². The average molecular weight is 960 g/mol. The van der Waals surface area contributed by atoms with Crippen molar-refractivity contribution in [3.8, 4) is 0 Å². The summed E-state index contributed by atoms with van der Waals surface area (Å²) in [7, 11) is 0. The Morgan fingerprint density at radius 3 is 0.794 bits per heavy atom. The SMILES string of the molecule is CCCCCCCCCC/C=C\CCCCCCCCCCCCCCCCCCCCCCCC(=O)OC(CO)COC(=O)CCCCCCCCCCCCCCCCCCCCCCC. The quantitative estimate of drug-likeness (QED) is 0.0374. The van der Waals surface area contributed by atoms with Gasteiger partial charge >= 0.3 is 11.9 Å². The molecule has 404 valence electrons. The fraction of sp³-hybridized carbons (Fsp3) is 0.937. The maximum Gasteiger partial charge on any atom is 0.306 e. The number of carbonyl (C=O) groups is 2. The lowest BCUT2D eigenvalue weighted by atomic mass is 10.0. The van der Waals surface area contributed by atoms with Crippen molar-refractivity contribution >= 4 is 11.9 Å². The summed E-state index contributed by atoms with van der Waals surface area (Å²) in [5, 5.41) is 9.67. The van der Waals surface area contributed by atoms with Gasteiger partial charge in [0.1, 0.15) is 6.61 Å². The Morgan fingerprint density at radius 1 is 0.324 bits per heavy atom. The minimum absolute atomic E-state index is 0.0568. The van der Waals surface area contributed by atoms with E-state index in [1.807, 2.05) is 0 Å². The summed E-state index contributed by atoms with van der Waals surface area (Å²) in [4.78, 5) is 24.6. The molecule has 0 aliphatic rings. The second-order valence-electron chi connectivity index (χ2n) is 21.5. The first kappa shape index (κ1) is 66.6. The normalized spacial score (nSPS) is 12.1. The monoisotopic (exact) mass is 959 g/mol. The summed E-state index contributed by atoms with van der Waals surface area (Å²) in [6.07, 6.45) is 75.1. The van der Waals surface area contributed by atoms with E-state index in [4.69, 9.17) is 9.47 Å². The van der Waals surface area contributed by atoms with Crippen molar-refractivity contribution < 1.29 is 24.2 Å². The van der Waals surface area contributed by atoms with E-state index in [-0.39, 0.29) is 25.2 Å². The minimum atomic E-state index is -0.766. The maximum atomic E-state index is 12.3. The van der Waals surface area contributed by atoms with E-state index >= 15 is 0 Å². The lowest BCUT2D eigenvalue weighted by Gasteiger charge is -2.15. The van der Waals surface area contributed by atoms with Crippen molar-refractivity contribution in [2.75, 3.05) is 13.2 Å². The number of rotatable bonds is 59. The molecule has 0 saturated heterocycles. The molecule has 0 aromatic rings. The van der Waals surface area contributed by atoms with Crippen molar-refractivity contribution in [2.24, 2.45) is 0 Å². The van der Waals surface area contributed by atoms with Crippen LogP contribution in [-0.2, 0) is 19.1 Å². The average Bonchev–Trinajstić information content (AvgIpc) is 3.34. The molecule has 0 aromatic carbocycles. The molecule has 0 aromatic heterocycles. The summed E-state index contributed by atoms with van der Waals surface area (Å²) >= 11 is 0. The van der Waals surface area contributed by atoms with Gasteiger partial charge in [-0.3, -0.25) is 9.59 Å². The van der Waals surface area contributed by atoms with Gasteiger partial charge in [0.15, 0.2) is 6.10 Å². The van der Waals surface area contributed by atoms with Gasteiger partial charge in [0.05, 0.1) is 6.61 Å². The summed E-state index contributed by atoms with van der Waals surface area (Å²) in [6, 6.07) is 0. The molecule has 0 amide bonds. The van der Waals surface area contributed by atoms with Crippen LogP contribution in [0, 0.1) is 0 Å². The topological polar surface area (TPSA) is 72.8 Å². The molecule has 0 rings (SSSR count). The van der Waals surface area contributed by atoms with Gasteiger partial charge in [0.2, 0.25) is 0 Å². The molecule has 1 N–H and O–H groups in total. The van der Waals surface area contributed by atoms with Crippen LogP contribution in [0.2, 0.25) is 0 Å². The van der Waals surface area contributed by atoms with Crippen molar-refractivity contribution in [1.82, 2.24) is 0 Å². The van der Waals surface area contributed by atoms with Crippen molar-refractivity contribution in [2.45, 2.75) is 367 Å². The van der Waals surface area contributed by atoms with Crippen LogP contribution in [0.5, 0.6) is 0 Å². The van der Waals surface area contributed by atoms with Gasteiger partial charge in [-0.05, 0) is 38.5 Å². The highest BCUT2D eigenvalue weighted by molar-refractivity contribution is 5.70. The first-order valence-electron chi connectivity index (χ1n) is 31.2. The smallest absolute Gasteiger partial charge is 0.306 e. The Balaban J connectivity index is 3.38. The zero-order chi connectivity index (χ0) is 49.2. The molecule has 0 fully saturated rings. The first-order chi connectivity index (χ1) is 33.6. The van der Waals surface area contributed by atoms with Crippen LogP contribution in [0.25, 0.3) is 0 Å². The summed E-state index contributed by atoms with van der Waals surface area (Å²) in [5.41, 5.74) is 0. The number of esters is 2. The Kier molecular flexibility index (Phi) is 58.7. The standard InChI is InChI=1S/C63H122O5/c1-3-5-7-9-11-13-15-17-19-21-23-25-26-27-28-29-30-31-32-33-34-35-36-38-40-42-44-46-48-50-52-54-56-58-63(66)68-61(59-64)60-67-62(65)57-55-53-51-49-47-45-43-41-39-37-24-22-20-18-16-14-12-10-8-6-4-2/h21,23,61,64H,3-20,22,24-60H2,1-2H3/b23-21-. The predicted octanol–water partition coefficient (Wildman–Crippen LogP) is 21.1. The fourth-order valence-electron chi connectivity index (χ4n) is 9.85. The fourth-order valence-corrected chi connectivity index (χ4v) is 9.85. The second kappa shape index (κ2) is 59.9. The highest BCUT2D eigenvalue weighted by Gasteiger charge is 2.16. The highest BCUT2D eigenvalue weighted by atomic mass is 16.6. The molecular weight excluding hydrogens is 837 g/mol. The number of aliphatic hydroxyl groups excluding tert-OH is 1. The van der Waals surface area contributed by atoms with E-state index in [9.17, 15) is 14.7 Å². The van der Waals surface area contributed by atoms with E-state index < -0.39 is 6.10 Å². The molecule has 1 unspecified atom stereocenters. The van der Waals surface area contributed by atoms with Crippen molar-refractivity contribution in [1.29, 1.82) is 0 Å². The molecular formula is C63H122O5. The number of hydrogen-bond acceptors (Lipinski definition) is 5. The summed E-state index contributed by atoms with van der Waals surface area (Å²) in [6.45, 7) is 4.21. The van der Waals surface area contributed by atoms with Gasteiger partial charge in [0, 0.05) is 12.8 Å². The molecule has 5 heteroatoms. The maximum absolute atomic E-state index is 12.3. The van der Waals surface area contributed by atoms with E-state index in [1.165, 1.54) is 302 Å². The van der Waals surface area contributed by atoms with Crippen LogP contribution in [0.15, 0.2) is 12.2 Å². The number of unbranched alkanes of at least 4 members (excludes halogenated alkanes) is 49. The molecule has 1 atom stereocenters. The van der Waals surface area contributed by atoms with E-state index in [0.29, 0.717) is 12.8 Å². The molecule has 0 spiro atoms. The van der Waals surface area contributed by atoms with E-state index in [0.717, 1.165) is 32.1 Å². The minimum Gasteiger partial charge on any atom is -0.462 e. The lowest BCUT2D eigenvalue weighted by molar-refractivity contribution is -0.161. The van der Waals surface area contributed by atoms with Crippen molar-refractivity contribution in [3.63, 3.8) is 0 Å². The third kappa shape index (κ3) is 57.2. The lowest BCUT2D eigenvalue weighted by Crippen LogP contribution is -2.28. The zero-order valence-corrected chi connectivity index (χ0v) is 46.4. The number of carbonyl (C=O) groups excluding carboxylic acids is 2. The number of allylic oxidation sites excluding steroid dienone is 2. The Bertz CT molecular complexity index is 994. The highest BCUT2D eigenvalue weighted by Crippen LogP contribution is 2.18. The molecule has 0 saturated carbocycles. The predicted molar refractivity (Wildman–Crippen MR) is 298 cm³/mol. The van der Waals surface area contributed by atoms with Gasteiger partial charge in [-0.1, -0.05) is 321 Å². The third-order valence-corrected chi connectivity index (χ3v) is 14.6. The molecule has 0 bridgehead atoms. The van der Waals surface area contributed by atoms with Crippen LogP contribution in [0.1, 0.15) is 361 Å². The summed E-state index contributed by atoms with van der Waals surface area (Å²) < 4.78 is 10.7. The largest absolute Gasteiger partial charge is 0.462 e. The van der Waals surface area contributed by atoms with Gasteiger partial charge in [0.25, 0.3) is 0 Å². The van der Waals surface area contributed by atoms with Crippen LogP contribution < -0.4 is 0 Å². The Morgan fingerprint density at radius 2 is 0.544 bits per heavy atom. The van der Waals surface area contributed by atoms with Gasteiger partial charge in [-0.25, -0.2) is 0 Å². The van der Waals surface area contributed by atoms with Crippen LogP contribution >= 0.6 is 0 Å². The van der Waals surface area contributed by atoms with Gasteiger partial charge in [-0.15, -0.1) is 0 Å². The van der Waals surface area contributed by atoms with Crippen LogP contribution in [0.3, 0.4) is 0 Å². The third-order valence-electron chi connectivity index (χ3n) is 14.6. The Labute approximate surface area is 426 Å². The zero-order valence-electron chi connectivity index (χ0n) is 46.4. The molecule has 5 nitrogen and oxygen atoms in total. The number of hydrogen-bond donors (Lipinski definition) is 1. The van der Waals surface area contributed by atoms with E-state index in [1.54, 1.807) is 0 Å². The molecule has 0 aliphatic carbocycles. The van der Waals surface area contributed by atoms with Crippen molar-refractivity contribution in [3.05, 3.63) is 12.2 Å². The molecule has 0 heterocycles. The van der Waals surface area contributed by atoms with Gasteiger partial charge in [-0.2, -0.15) is 0 Å². The molecule has 0 aliphatic heterocycles. The Hall–Kier alpha value is -1.36. The van der Waals surface area contributed by atoms with Gasteiger partial charge < -0.3 is 14.6 Å². The summed E-state index contributed by atoms with van der Waals surface area (Å²) in [5.74, 6) is -0.564. The second-order valence-corrected chi connectivity index (χ2v) is 21.5. The molecule has 0 radical (unpaired) electrons. The number of ether oxygens (including phenoxy) is 2. The van der Waals surface area contributed by atoms with E-state index in [2.05, 4.69) is 26.0 Å². The first-order valence-corrected chi connectivity index (χ1v) is 31.2. The number of aliphatic hydroxyl groups is 1.